The molecule has 98 valence electrons. The number of aromatic nitrogens is 2. The normalized spacial score (nSPS) is 24.4. The number of carbonyl (C=O) groups excluding carboxylic acids is 1. The Morgan fingerprint density at radius 1 is 1.44 bits per heavy atom. The molecule has 1 atom stereocenters. The van der Waals surface area contributed by atoms with E-state index in [4.69, 9.17) is 4.74 Å². The maximum absolute atomic E-state index is 12.2. The van der Waals surface area contributed by atoms with Crippen molar-refractivity contribution in [3.05, 3.63) is 18.2 Å². The Morgan fingerprint density at radius 2 is 2.28 bits per heavy atom. The fraction of sp³-hybridized carbons (Fsp3) is 0.667. The highest BCUT2D eigenvalue weighted by molar-refractivity contribution is 5.92. The molecule has 0 aromatic carbocycles. The van der Waals surface area contributed by atoms with Crippen molar-refractivity contribution in [3.8, 4) is 0 Å². The minimum absolute atomic E-state index is 0.0167. The van der Waals surface area contributed by atoms with E-state index in [0.29, 0.717) is 38.0 Å². The van der Waals surface area contributed by atoms with E-state index in [1.165, 1.54) is 0 Å². The molecule has 0 aliphatic carbocycles. The first-order chi connectivity index (χ1) is 8.84. The zero-order chi connectivity index (χ0) is 12.4. The molecular formula is C12H18N4O2. The number of hydrogen-bond donors (Lipinski definition) is 1. The first kappa shape index (κ1) is 11.7. The molecule has 0 spiro atoms. The largest absolute Gasteiger partial charge is 0.378 e. The number of nitrogens with one attached hydrogen (secondary N) is 1. The van der Waals surface area contributed by atoms with Crippen LogP contribution < -0.4 is 5.32 Å². The molecule has 1 aromatic heterocycles. The number of imidazole rings is 1. The van der Waals surface area contributed by atoms with E-state index >= 15 is 0 Å². The lowest BCUT2D eigenvalue weighted by atomic mass is 10.2. The Morgan fingerprint density at radius 3 is 3.00 bits per heavy atom. The summed E-state index contributed by atoms with van der Waals surface area (Å²) in [6.07, 6.45) is 4.74. The van der Waals surface area contributed by atoms with Crippen molar-refractivity contribution in [1.29, 1.82) is 0 Å². The molecule has 1 aromatic rings. The highest BCUT2D eigenvalue weighted by Gasteiger charge is 2.22. The molecule has 0 radical (unpaired) electrons. The second-order valence-electron chi connectivity index (χ2n) is 4.76. The van der Waals surface area contributed by atoms with Crippen LogP contribution in [0.15, 0.2) is 12.5 Å². The standard InChI is InChI=1S/C12H18N4O2/c17-12(15-3-5-18-6-4-15)11-8-16(9-14-11)10-1-2-13-7-10/h8-10,13H,1-7H2. The van der Waals surface area contributed by atoms with Gasteiger partial charge >= 0.3 is 0 Å². The Kier molecular flexibility index (Phi) is 3.29. The molecule has 2 aliphatic heterocycles. The quantitative estimate of drug-likeness (QED) is 0.795. The van der Waals surface area contributed by atoms with Crippen LogP contribution in [0.1, 0.15) is 23.0 Å². The topological polar surface area (TPSA) is 59.4 Å². The Labute approximate surface area is 106 Å². The lowest BCUT2D eigenvalue weighted by Gasteiger charge is -2.25. The third-order valence-corrected chi connectivity index (χ3v) is 3.57. The van der Waals surface area contributed by atoms with Crippen LogP contribution in [0.4, 0.5) is 0 Å². The van der Waals surface area contributed by atoms with Crippen molar-refractivity contribution >= 4 is 5.91 Å². The monoisotopic (exact) mass is 250 g/mol. The summed E-state index contributed by atoms with van der Waals surface area (Å²) in [6.45, 7) is 4.57. The number of morpholine rings is 1. The van der Waals surface area contributed by atoms with Gasteiger partial charge in [0.15, 0.2) is 0 Å². The van der Waals surface area contributed by atoms with Crippen molar-refractivity contribution in [3.63, 3.8) is 0 Å². The third kappa shape index (κ3) is 2.26. The van der Waals surface area contributed by atoms with Gasteiger partial charge in [-0.3, -0.25) is 4.79 Å². The number of carbonyl (C=O) groups is 1. The van der Waals surface area contributed by atoms with Crippen molar-refractivity contribution in [2.45, 2.75) is 12.5 Å². The van der Waals surface area contributed by atoms with Crippen molar-refractivity contribution in [1.82, 2.24) is 19.8 Å². The molecule has 6 nitrogen and oxygen atoms in total. The summed E-state index contributed by atoms with van der Waals surface area (Å²) in [6, 6.07) is 0.434. The van der Waals surface area contributed by atoms with Crippen LogP contribution >= 0.6 is 0 Å². The van der Waals surface area contributed by atoms with E-state index in [-0.39, 0.29) is 5.91 Å². The molecule has 1 amide bonds. The molecule has 2 fully saturated rings. The van der Waals surface area contributed by atoms with Crippen LogP contribution in [0.5, 0.6) is 0 Å². The van der Waals surface area contributed by atoms with E-state index in [1.54, 1.807) is 6.33 Å². The van der Waals surface area contributed by atoms with Crippen LogP contribution in [0, 0.1) is 0 Å². The first-order valence-corrected chi connectivity index (χ1v) is 6.46. The summed E-state index contributed by atoms with van der Waals surface area (Å²) >= 11 is 0. The average molecular weight is 250 g/mol. The summed E-state index contributed by atoms with van der Waals surface area (Å²) < 4.78 is 7.29. The summed E-state index contributed by atoms with van der Waals surface area (Å²) in [5.41, 5.74) is 0.545. The summed E-state index contributed by atoms with van der Waals surface area (Å²) in [4.78, 5) is 18.3. The third-order valence-electron chi connectivity index (χ3n) is 3.57. The molecule has 0 saturated carbocycles. The van der Waals surface area contributed by atoms with Gasteiger partial charge in [0, 0.05) is 31.9 Å². The minimum atomic E-state index is 0.0167. The Balaban J connectivity index is 1.69. The van der Waals surface area contributed by atoms with Crippen LogP contribution in [0.2, 0.25) is 0 Å². The van der Waals surface area contributed by atoms with Gasteiger partial charge in [-0.15, -0.1) is 0 Å². The van der Waals surface area contributed by atoms with Gasteiger partial charge in [0.2, 0.25) is 0 Å². The predicted molar refractivity (Wildman–Crippen MR) is 65.5 cm³/mol. The van der Waals surface area contributed by atoms with Crippen LogP contribution in [0.25, 0.3) is 0 Å². The van der Waals surface area contributed by atoms with Gasteiger partial charge in [-0.1, -0.05) is 0 Å². The molecular weight excluding hydrogens is 232 g/mol. The average Bonchev–Trinajstić information content (AvgIpc) is 3.09. The second-order valence-corrected chi connectivity index (χ2v) is 4.76. The lowest BCUT2D eigenvalue weighted by Crippen LogP contribution is -2.40. The molecule has 0 bridgehead atoms. The fourth-order valence-corrected chi connectivity index (χ4v) is 2.47. The number of ether oxygens (including phenoxy) is 1. The van der Waals surface area contributed by atoms with Gasteiger partial charge in [-0.05, 0) is 13.0 Å². The number of hydrogen-bond acceptors (Lipinski definition) is 4. The Hall–Kier alpha value is -1.40. The second kappa shape index (κ2) is 5.07. The van der Waals surface area contributed by atoms with Gasteiger partial charge in [-0.2, -0.15) is 0 Å². The van der Waals surface area contributed by atoms with Gasteiger partial charge < -0.3 is 19.5 Å². The van der Waals surface area contributed by atoms with Gasteiger partial charge in [0.05, 0.1) is 19.5 Å². The molecule has 6 heteroatoms. The van der Waals surface area contributed by atoms with Crippen LogP contribution in [-0.2, 0) is 4.74 Å². The van der Waals surface area contributed by atoms with E-state index in [1.807, 2.05) is 15.7 Å². The SMILES string of the molecule is O=C(c1cn(C2CCNC2)cn1)N1CCOCC1. The smallest absolute Gasteiger partial charge is 0.274 e. The molecule has 3 heterocycles. The fourth-order valence-electron chi connectivity index (χ4n) is 2.47. The van der Waals surface area contributed by atoms with Crippen molar-refractivity contribution < 1.29 is 9.53 Å². The lowest BCUT2D eigenvalue weighted by molar-refractivity contribution is 0.0299. The summed E-state index contributed by atoms with van der Waals surface area (Å²) in [7, 11) is 0. The van der Waals surface area contributed by atoms with E-state index in [2.05, 4.69) is 10.3 Å². The van der Waals surface area contributed by atoms with Crippen molar-refractivity contribution in [2.24, 2.45) is 0 Å². The highest BCUT2D eigenvalue weighted by Crippen LogP contribution is 2.16. The van der Waals surface area contributed by atoms with Gasteiger partial charge in [0.25, 0.3) is 5.91 Å². The molecule has 18 heavy (non-hydrogen) atoms. The minimum Gasteiger partial charge on any atom is -0.378 e. The highest BCUT2D eigenvalue weighted by atomic mass is 16.5. The van der Waals surface area contributed by atoms with Crippen LogP contribution in [0.3, 0.4) is 0 Å². The zero-order valence-corrected chi connectivity index (χ0v) is 10.3. The number of amides is 1. The zero-order valence-electron chi connectivity index (χ0n) is 10.3. The Bertz CT molecular complexity index is 419. The van der Waals surface area contributed by atoms with E-state index in [0.717, 1.165) is 19.5 Å². The molecule has 2 aliphatic rings. The first-order valence-electron chi connectivity index (χ1n) is 6.46. The van der Waals surface area contributed by atoms with Gasteiger partial charge in [-0.25, -0.2) is 4.98 Å². The molecule has 1 unspecified atom stereocenters. The maximum atomic E-state index is 12.2. The summed E-state index contributed by atoms with van der Waals surface area (Å²) in [5, 5.41) is 3.31. The number of rotatable bonds is 2. The molecule has 1 N–H and O–H groups in total. The van der Waals surface area contributed by atoms with E-state index in [9.17, 15) is 4.79 Å². The van der Waals surface area contributed by atoms with Crippen LogP contribution in [-0.4, -0.2) is 59.8 Å². The van der Waals surface area contributed by atoms with E-state index < -0.39 is 0 Å². The van der Waals surface area contributed by atoms with Crippen molar-refractivity contribution in [2.75, 3.05) is 39.4 Å². The number of nitrogens with zero attached hydrogens (tertiary/aromatic N) is 3. The molecule has 2 saturated heterocycles. The summed E-state index contributed by atoms with van der Waals surface area (Å²) in [5.74, 6) is 0.0167. The van der Waals surface area contributed by atoms with Gasteiger partial charge in [0.1, 0.15) is 5.69 Å². The predicted octanol–water partition coefficient (Wildman–Crippen LogP) is -0.110. The molecule has 3 rings (SSSR count). The maximum Gasteiger partial charge on any atom is 0.274 e.